The lowest BCUT2D eigenvalue weighted by Gasteiger charge is -2.08. The summed E-state index contributed by atoms with van der Waals surface area (Å²) in [5.74, 6) is 1.11. The van der Waals surface area contributed by atoms with Crippen LogP contribution in [0.1, 0.15) is 31.8 Å². The number of ether oxygens (including phenoxy) is 1. The highest BCUT2D eigenvalue weighted by Crippen LogP contribution is 2.24. The van der Waals surface area contributed by atoms with Gasteiger partial charge in [-0.2, -0.15) is 0 Å². The van der Waals surface area contributed by atoms with Crippen molar-refractivity contribution in [3.8, 4) is 11.5 Å². The molecule has 4 aromatic carbocycles. The van der Waals surface area contributed by atoms with Crippen LogP contribution in [0.15, 0.2) is 106 Å². The van der Waals surface area contributed by atoms with E-state index in [9.17, 15) is 9.59 Å². The Kier molecular flexibility index (Phi) is 6.44. The van der Waals surface area contributed by atoms with Crippen molar-refractivity contribution in [2.45, 2.75) is 0 Å². The summed E-state index contributed by atoms with van der Waals surface area (Å²) < 4.78 is 7.58. The number of carbonyl (C=O) groups excluding carboxylic acids is 2. The van der Waals surface area contributed by atoms with Crippen molar-refractivity contribution in [3.63, 3.8) is 0 Å². The number of hydrogen-bond acceptors (Lipinski definition) is 3. The number of hydrogen-bond donors (Lipinski definition) is 0. The number of benzene rings is 4. The fraction of sp³-hybridized carbons (Fsp3) is 0. The van der Waals surface area contributed by atoms with Crippen LogP contribution >= 0.6 is 31.9 Å². The van der Waals surface area contributed by atoms with Gasteiger partial charge in [-0.1, -0.05) is 56.1 Å². The Morgan fingerprint density at radius 2 is 0.903 bits per heavy atom. The van der Waals surface area contributed by atoms with Crippen LogP contribution in [0.5, 0.6) is 11.5 Å². The van der Waals surface area contributed by atoms with Gasteiger partial charge in [0.05, 0.1) is 0 Å². The summed E-state index contributed by atoms with van der Waals surface area (Å²) in [6, 6.07) is 28.6. The van der Waals surface area contributed by atoms with Gasteiger partial charge in [0.15, 0.2) is 11.6 Å². The molecule has 152 valence electrons. The molecule has 0 unspecified atom stereocenters. The van der Waals surface area contributed by atoms with E-state index in [0.29, 0.717) is 33.8 Å². The lowest BCUT2D eigenvalue weighted by molar-refractivity contribution is 0.103. The van der Waals surface area contributed by atoms with E-state index in [2.05, 4.69) is 31.9 Å². The molecule has 0 bridgehead atoms. The molecule has 0 heterocycles. The molecule has 4 rings (SSSR count). The molecule has 0 amide bonds. The van der Waals surface area contributed by atoms with Gasteiger partial charge in [0.25, 0.3) is 0 Å². The van der Waals surface area contributed by atoms with Gasteiger partial charge in [0.2, 0.25) is 0 Å². The molecular formula is C26H16Br2O3. The molecule has 0 spiro atoms. The van der Waals surface area contributed by atoms with Crippen molar-refractivity contribution in [2.75, 3.05) is 0 Å². The van der Waals surface area contributed by atoms with Crippen LogP contribution in [0.25, 0.3) is 0 Å². The number of carbonyl (C=O) groups is 2. The molecule has 0 saturated carbocycles. The van der Waals surface area contributed by atoms with E-state index in [0.717, 1.165) is 8.95 Å². The number of rotatable bonds is 6. The Hall–Kier alpha value is -3.02. The molecule has 0 aliphatic heterocycles. The minimum absolute atomic E-state index is 0.0525. The number of halogens is 2. The summed E-state index contributed by atoms with van der Waals surface area (Å²) >= 11 is 6.77. The van der Waals surface area contributed by atoms with Crippen LogP contribution in [0.3, 0.4) is 0 Å². The lowest BCUT2D eigenvalue weighted by atomic mass is 10.0. The fourth-order valence-corrected chi connectivity index (χ4v) is 3.88. The predicted molar refractivity (Wildman–Crippen MR) is 128 cm³/mol. The third kappa shape index (κ3) is 5.19. The fourth-order valence-electron chi connectivity index (χ4n) is 3.08. The summed E-state index contributed by atoms with van der Waals surface area (Å²) in [5, 5.41) is 0. The molecule has 0 N–H and O–H groups in total. The van der Waals surface area contributed by atoms with Crippen LogP contribution < -0.4 is 4.74 Å². The summed E-state index contributed by atoms with van der Waals surface area (Å²) in [6.45, 7) is 0. The van der Waals surface area contributed by atoms with E-state index in [1.165, 1.54) is 0 Å². The second-order valence-electron chi connectivity index (χ2n) is 6.83. The molecule has 0 saturated heterocycles. The first-order valence-electron chi connectivity index (χ1n) is 9.48. The smallest absolute Gasteiger partial charge is 0.193 e. The van der Waals surface area contributed by atoms with E-state index in [4.69, 9.17) is 4.74 Å². The monoisotopic (exact) mass is 534 g/mol. The van der Waals surface area contributed by atoms with E-state index in [-0.39, 0.29) is 11.6 Å². The molecule has 0 atom stereocenters. The quantitative estimate of drug-likeness (QED) is 0.240. The third-order valence-electron chi connectivity index (χ3n) is 4.64. The molecule has 5 heteroatoms. The minimum Gasteiger partial charge on any atom is -0.457 e. The maximum atomic E-state index is 12.6. The van der Waals surface area contributed by atoms with Gasteiger partial charge < -0.3 is 4.74 Å². The first kappa shape index (κ1) is 21.2. The maximum Gasteiger partial charge on any atom is 0.193 e. The van der Waals surface area contributed by atoms with Crippen molar-refractivity contribution >= 4 is 43.4 Å². The highest BCUT2D eigenvalue weighted by atomic mass is 79.9. The first-order chi connectivity index (χ1) is 15.0. The van der Waals surface area contributed by atoms with Gasteiger partial charge in [-0.15, -0.1) is 0 Å². The molecule has 0 fully saturated rings. The average Bonchev–Trinajstić information content (AvgIpc) is 2.79. The van der Waals surface area contributed by atoms with Crippen LogP contribution in [-0.4, -0.2) is 11.6 Å². The normalized spacial score (nSPS) is 10.5. The average molecular weight is 536 g/mol. The van der Waals surface area contributed by atoms with E-state index in [1.807, 2.05) is 24.3 Å². The van der Waals surface area contributed by atoms with Gasteiger partial charge in [0, 0.05) is 31.2 Å². The molecular weight excluding hydrogens is 520 g/mol. The van der Waals surface area contributed by atoms with Gasteiger partial charge in [0.1, 0.15) is 11.5 Å². The van der Waals surface area contributed by atoms with Gasteiger partial charge in [-0.25, -0.2) is 0 Å². The largest absolute Gasteiger partial charge is 0.457 e. The Balaban J connectivity index is 1.45. The topological polar surface area (TPSA) is 43.4 Å². The second kappa shape index (κ2) is 9.41. The molecule has 0 radical (unpaired) electrons. The third-order valence-corrected chi connectivity index (χ3v) is 5.63. The van der Waals surface area contributed by atoms with Crippen LogP contribution in [0, 0.1) is 0 Å². The SMILES string of the molecule is O=C(c1ccc(Oc2ccc(C(=O)c3cccc(Br)c3)cc2)cc1)c1cccc(Br)c1. The Bertz CT molecular complexity index is 1150. The van der Waals surface area contributed by atoms with Gasteiger partial charge >= 0.3 is 0 Å². The summed E-state index contributed by atoms with van der Waals surface area (Å²) in [7, 11) is 0. The molecule has 0 aliphatic rings. The predicted octanol–water partition coefficient (Wildman–Crippen LogP) is 7.47. The van der Waals surface area contributed by atoms with E-state index < -0.39 is 0 Å². The highest BCUT2D eigenvalue weighted by Gasteiger charge is 2.11. The molecule has 31 heavy (non-hydrogen) atoms. The maximum absolute atomic E-state index is 12.6. The van der Waals surface area contributed by atoms with Crippen molar-refractivity contribution in [1.82, 2.24) is 0 Å². The standard InChI is InChI=1S/C26H16Br2O3/c27-21-5-1-3-19(15-21)25(29)17-7-11-23(12-8-17)31-24-13-9-18(10-14-24)26(30)20-4-2-6-22(28)16-20/h1-16H. The first-order valence-corrected chi connectivity index (χ1v) is 11.1. The minimum atomic E-state index is -0.0525. The Labute approximate surface area is 197 Å². The van der Waals surface area contributed by atoms with E-state index in [1.54, 1.807) is 72.8 Å². The second-order valence-corrected chi connectivity index (χ2v) is 8.66. The Morgan fingerprint density at radius 1 is 0.516 bits per heavy atom. The highest BCUT2D eigenvalue weighted by molar-refractivity contribution is 9.10. The van der Waals surface area contributed by atoms with E-state index >= 15 is 0 Å². The zero-order chi connectivity index (χ0) is 21.8. The van der Waals surface area contributed by atoms with Crippen molar-refractivity contribution in [1.29, 1.82) is 0 Å². The van der Waals surface area contributed by atoms with Crippen molar-refractivity contribution in [3.05, 3.63) is 128 Å². The Morgan fingerprint density at radius 3 is 1.26 bits per heavy atom. The zero-order valence-electron chi connectivity index (χ0n) is 16.2. The molecule has 3 nitrogen and oxygen atoms in total. The van der Waals surface area contributed by atoms with Crippen molar-refractivity contribution < 1.29 is 14.3 Å². The van der Waals surface area contributed by atoms with Crippen LogP contribution in [-0.2, 0) is 0 Å². The molecule has 4 aromatic rings. The molecule has 0 aliphatic carbocycles. The number of ketones is 2. The van der Waals surface area contributed by atoms with Crippen molar-refractivity contribution in [2.24, 2.45) is 0 Å². The van der Waals surface area contributed by atoms with Crippen LogP contribution in [0.2, 0.25) is 0 Å². The summed E-state index contributed by atoms with van der Waals surface area (Å²) in [6.07, 6.45) is 0. The lowest BCUT2D eigenvalue weighted by Crippen LogP contribution is -2.01. The summed E-state index contributed by atoms with van der Waals surface area (Å²) in [4.78, 5) is 25.2. The molecule has 0 aromatic heterocycles. The zero-order valence-corrected chi connectivity index (χ0v) is 19.4. The van der Waals surface area contributed by atoms with Crippen LogP contribution in [0.4, 0.5) is 0 Å². The van der Waals surface area contributed by atoms with Gasteiger partial charge in [-0.05, 0) is 72.8 Å². The summed E-state index contributed by atoms with van der Waals surface area (Å²) in [5.41, 5.74) is 2.41. The van der Waals surface area contributed by atoms with Gasteiger partial charge in [-0.3, -0.25) is 9.59 Å².